The Bertz CT molecular complexity index is 1080. The summed E-state index contributed by atoms with van der Waals surface area (Å²) in [6.45, 7) is 1.18. The molecule has 0 aromatic heterocycles. The first-order chi connectivity index (χ1) is 17.1. The van der Waals surface area contributed by atoms with Crippen molar-refractivity contribution in [3.05, 3.63) is 71.8 Å². The molecule has 6 atom stereocenters. The predicted molar refractivity (Wildman–Crippen MR) is 129 cm³/mol. The van der Waals surface area contributed by atoms with Crippen LogP contribution in [0.2, 0.25) is 0 Å². The molecule has 0 unspecified atom stereocenters. The lowest BCUT2D eigenvalue weighted by atomic mass is 9.97. The lowest BCUT2D eigenvalue weighted by Gasteiger charge is -2.48. The highest BCUT2D eigenvalue weighted by Gasteiger charge is 2.55. The molecule has 0 radical (unpaired) electrons. The van der Waals surface area contributed by atoms with E-state index >= 15 is 0 Å². The van der Waals surface area contributed by atoms with Gasteiger partial charge in [-0.25, -0.2) is 4.79 Å². The second-order valence-corrected chi connectivity index (χ2v) is 10.3. The molecule has 0 spiro atoms. The minimum atomic E-state index is -2.21. The van der Waals surface area contributed by atoms with Crippen LogP contribution < -0.4 is 0 Å². The number of nitrogens with one attached hydrogen (secondary N) is 1. The molecule has 0 amide bonds. The number of halogens is 3. The van der Waals surface area contributed by atoms with Crippen molar-refractivity contribution < 1.29 is 38.0 Å². The number of esters is 2. The summed E-state index contributed by atoms with van der Waals surface area (Å²) in [6.07, 6.45) is -6.61. The molecule has 2 aromatic carbocycles. The van der Waals surface area contributed by atoms with Gasteiger partial charge in [0.15, 0.2) is 12.4 Å². The van der Waals surface area contributed by atoms with Crippen LogP contribution in [0, 0.1) is 5.41 Å². The normalized spacial score (nSPS) is 27.9. The molecule has 2 aromatic rings. The quantitative estimate of drug-likeness (QED) is 0.249. The van der Waals surface area contributed by atoms with Gasteiger partial charge in [-0.05, 0) is 12.1 Å². The van der Waals surface area contributed by atoms with Crippen LogP contribution in [0.3, 0.4) is 0 Å². The third kappa shape index (κ3) is 6.29. The van der Waals surface area contributed by atoms with E-state index in [2.05, 4.69) is 0 Å². The Kier molecular flexibility index (Phi) is 8.39. The molecule has 2 aliphatic heterocycles. The first kappa shape index (κ1) is 26.7. The Labute approximate surface area is 221 Å². The Morgan fingerprint density at radius 1 is 0.917 bits per heavy atom. The highest BCUT2D eigenvalue weighted by molar-refractivity contribution is 6.76. The Balaban J connectivity index is 1.67. The van der Waals surface area contributed by atoms with E-state index in [0.29, 0.717) is 0 Å². The van der Waals surface area contributed by atoms with Gasteiger partial charge in [-0.2, -0.15) is 0 Å². The first-order valence-electron chi connectivity index (χ1n) is 10.9. The average molecular weight is 559 g/mol. The van der Waals surface area contributed by atoms with E-state index in [4.69, 9.17) is 68.6 Å². The van der Waals surface area contributed by atoms with Crippen LogP contribution in [0.4, 0.5) is 0 Å². The number of alkyl halides is 3. The molecule has 192 valence electrons. The summed E-state index contributed by atoms with van der Waals surface area (Å²) in [5.74, 6) is -2.19. The number of hydrogen-bond acceptors (Lipinski definition) is 9. The van der Waals surface area contributed by atoms with Gasteiger partial charge in [0.25, 0.3) is 3.79 Å². The van der Waals surface area contributed by atoms with Gasteiger partial charge in [0.2, 0.25) is 18.3 Å². The van der Waals surface area contributed by atoms with Crippen molar-refractivity contribution >= 4 is 52.6 Å². The molecule has 9 nitrogen and oxygen atoms in total. The van der Waals surface area contributed by atoms with E-state index in [9.17, 15) is 9.59 Å². The summed E-state index contributed by atoms with van der Waals surface area (Å²) in [5.41, 5.74) is 0.991. The predicted octanol–water partition coefficient (Wildman–Crippen LogP) is 4.35. The monoisotopic (exact) mass is 557 g/mol. The van der Waals surface area contributed by atoms with Crippen LogP contribution in [-0.4, -0.2) is 58.9 Å². The van der Waals surface area contributed by atoms with Crippen molar-refractivity contribution in [2.45, 2.75) is 47.7 Å². The number of ether oxygens (including phenoxy) is 6. The SMILES string of the molecule is CC(=O)O[C@H]1[C@@H](OC(=N)C(Cl)(Cl)Cl)O[C@@H]2CO[C@@H](c3ccccc3)O[C@H]2[C@@H]1OC(=O)c1ccccc1. The maximum absolute atomic E-state index is 13.0. The fraction of sp³-hybridized carbons (Fsp3) is 0.375. The van der Waals surface area contributed by atoms with Gasteiger partial charge < -0.3 is 28.4 Å². The second-order valence-electron chi connectivity index (χ2n) is 7.97. The van der Waals surface area contributed by atoms with Crippen LogP contribution in [0.5, 0.6) is 0 Å². The van der Waals surface area contributed by atoms with Crippen LogP contribution in [0.15, 0.2) is 60.7 Å². The summed E-state index contributed by atoms with van der Waals surface area (Å²) in [7, 11) is 0. The molecule has 1 N–H and O–H groups in total. The first-order valence-corrected chi connectivity index (χ1v) is 12.0. The van der Waals surface area contributed by atoms with Gasteiger partial charge in [-0.1, -0.05) is 83.3 Å². The van der Waals surface area contributed by atoms with Crippen molar-refractivity contribution in [2.24, 2.45) is 0 Å². The number of rotatable bonds is 5. The fourth-order valence-corrected chi connectivity index (χ4v) is 3.95. The Morgan fingerprint density at radius 2 is 1.56 bits per heavy atom. The molecule has 12 heteroatoms. The summed E-state index contributed by atoms with van der Waals surface area (Å²) >= 11 is 17.3. The summed E-state index contributed by atoms with van der Waals surface area (Å²) in [5, 5.41) is 7.96. The molecule has 2 fully saturated rings. The van der Waals surface area contributed by atoms with Crippen molar-refractivity contribution in [3.8, 4) is 0 Å². The third-order valence-corrected chi connectivity index (χ3v) is 5.92. The smallest absolute Gasteiger partial charge is 0.338 e. The highest BCUT2D eigenvalue weighted by Crippen LogP contribution is 2.38. The van der Waals surface area contributed by atoms with Crippen LogP contribution in [-0.2, 0) is 33.2 Å². The van der Waals surface area contributed by atoms with Crippen molar-refractivity contribution in [1.29, 1.82) is 5.41 Å². The fourth-order valence-electron chi connectivity index (χ4n) is 3.82. The van der Waals surface area contributed by atoms with E-state index in [0.717, 1.165) is 12.5 Å². The highest BCUT2D eigenvalue weighted by atomic mass is 35.6. The zero-order chi connectivity index (χ0) is 25.9. The van der Waals surface area contributed by atoms with E-state index in [1.807, 2.05) is 30.3 Å². The summed E-state index contributed by atoms with van der Waals surface area (Å²) in [6, 6.07) is 17.4. The van der Waals surface area contributed by atoms with Gasteiger partial charge in [-0.15, -0.1) is 0 Å². The van der Waals surface area contributed by atoms with E-state index in [1.54, 1.807) is 30.3 Å². The van der Waals surface area contributed by atoms with Crippen molar-refractivity contribution in [1.82, 2.24) is 0 Å². The lowest BCUT2D eigenvalue weighted by Crippen LogP contribution is -2.64. The summed E-state index contributed by atoms with van der Waals surface area (Å²) in [4.78, 5) is 25.0. The third-order valence-electron chi connectivity index (χ3n) is 5.40. The maximum Gasteiger partial charge on any atom is 0.338 e. The maximum atomic E-state index is 13.0. The van der Waals surface area contributed by atoms with Crippen LogP contribution >= 0.6 is 34.8 Å². The minimum Gasteiger partial charge on any atom is -0.452 e. The molecule has 0 saturated carbocycles. The molecular weight excluding hydrogens is 537 g/mol. The standard InChI is InChI=1S/C24H22Cl3NO8/c1-13(29)32-19-18(34-20(30)14-8-4-2-5-9-14)17-16(33-22(19)36-23(28)24(25,26)27)12-31-21(35-17)15-10-6-3-7-11-15/h2-11,16-19,21-22,28H,12H2,1H3/t16-,17-,18+,19-,21-,22-/m1/s1. The van der Waals surface area contributed by atoms with Crippen molar-refractivity contribution in [3.63, 3.8) is 0 Å². The number of benzene rings is 2. The topological polar surface area (TPSA) is 113 Å². The number of hydrogen-bond donors (Lipinski definition) is 1. The zero-order valence-electron chi connectivity index (χ0n) is 18.8. The molecule has 2 heterocycles. The Morgan fingerprint density at radius 3 is 2.17 bits per heavy atom. The van der Waals surface area contributed by atoms with Gasteiger partial charge in [0.1, 0.15) is 12.2 Å². The zero-order valence-corrected chi connectivity index (χ0v) is 21.1. The minimum absolute atomic E-state index is 0.0113. The lowest BCUT2D eigenvalue weighted by molar-refractivity contribution is -0.351. The summed E-state index contributed by atoms with van der Waals surface area (Å²) < 4.78 is 32.4. The van der Waals surface area contributed by atoms with E-state index < -0.39 is 58.6 Å². The van der Waals surface area contributed by atoms with Crippen LogP contribution in [0.25, 0.3) is 0 Å². The molecular formula is C24H22Cl3NO8. The van der Waals surface area contributed by atoms with Crippen molar-refractivity contribution in [2.75, 3.05) is 6.61 Å². The molecule has 0 aliphatic carbocycles. The largest absolute Gasteiger partial charge is 0.452 e. The number of carbonyl (C=O) groups is 2. The van der Waals surface area contributed by atoms with Gasteiger partial charge in [0, 0.05) is 12.5 Å². The van der Waals surface area contributed by atoms with Gasteiger partial charge in [-0.3, -0.25) is 10.2 Å². The molecule has 4 rings (SSSR count). The van der Waals surface area contributed by atoms with E-state index in [-0.39, 0.29) is 12.2 Å². The molecule has 2 aliphatic rings. The number of carbonyl (C=O) groups excluding carboxylic acids is 2. The molecule has 36 heavy (non-hydrogen) atoms. The van der Waals surface area contributed by atoms with E-state index in [1.165, 1.54) is 0 Å². The molecule has 2 saturated heterocycles. The second kappa shape index (κ2) is 11.3. The van der Waals surface area contributed by atoms with Gasteiger partial charge in [0.05, 0.1) is 12.2 Å². The van der Waals surface area contributed by atoms with Gasteiger partial charge >= 0.3 is 11.9 Å². The average Bonchev–Trinajstić information content (AvgIpc) is 2.86. The molecule has 0 bridgehead atoms. The number of fused-ring (bicyclic) bond motifs is 1. The Hall–Kier alpha value is -2.40. The van der Waals surface area contributed by atoms with Crippen LogP contribution in [0.1, 0.15) is 29.1 Å².